The molecule has 0 unspecified atom stereocenters. The molecule has 0 aliphatic rings. The Kier molecular flexibility index (Phi) is 3.38. The van der Waals surface area contributed by atoms with E-state index in [9.17, 15) is 9.59 Å². The number of hydrogen-bond donors (Lipinski definition) is 2. The predicted octanol–water partition coefficient (Wildman–Crippen LogP) is 1.45. The number of rotatable bonds is 3. The fourth-order valence-electron chi connectivity index (χ4n) is 1.42. The van der Waals surface area contributed by atoms with Crippen molar-refractivity contribution in [3.8, 4) is 0 Å². The monoisotopic (exact) mass is 245 g/mol. The van der Waals surface area contributed by atoms with E-state index < -0.39 is 5.97 Å². The van der Waals surface area contributed by atoms with E-state index in [-0.39, 0.29) is 5.91 Å². The highest BCUT2D eigenvalue weighted by molar-refractivity contribution is 6.04. The van der Waals surface area contributed by atoms with E-state index in [2.05, 4.69) is 20.3 Å². The minimum Gasteiger partial charge on any atom is -0.465 e. The van der Waals surface area contributed by atoms with Gasteiger partial charge in [-0.1, -0.05) is 6.07 Å². The first-order valence-corrected chi connectivity index (χ1v) is 5.19. The highest BCUT2D eigenvalue weighted by Crippen LogP contribution is 2.12. The van der Waals surface area contributed by atoms with Crippen molar-refractivity contribution in [1.29, 1.82) is 0 Å². The number of amides is 1. The largest absolute Gasteiger partial charge is 0.465 e. The summed E-state index contributed by atoms with van der Waals surface area (Å²) in [6, 6.07) is 6.50. The van der Waals surface area contributed by atoms with Gasteiger partial charge in [0.25, 0.3) is 5.91 Å². The molecule has 0 bridgehead atoms. The van der Waals surface area contributed by atoms with Gasteiger partial charge in [-0.25, -0.2) is 4.79 Å². The number of hydrogen-bond acceptors (Lipinski definition) is 4. The zero-order valence-corrected chi connectivity index (χ0v) is 9.64. The quantitative estimate of drug-likeness (QED) is 0.801. The van der Waals surface area contributed by atoms with Gasteiger partial charge < -0.3 is 10.1 Å². The van der Waals surface area contributed by atoms with Crippen molar-refractivity contribution in [3.05, 3.63) is 47.8 Å². The van der Waals surface area contributed by atoms with Crippen molar-refractivity contribution in [1.82, 2.24) is 10.2 Å². The number of carbonyl (C=O) groups is 2. The van der Waals surface area contributed by atoms with Crippen LogP contribution >= 0.6 is 0 Å². The fourth-order valence-corrected chi connectivity index (χ4v) is 1.42. The van der Waals surface area contributed by atoms with E-state index in [0.29, 0.717) is 16.8 Å². The van der Waals surface area contributed by atoms with E-state index in [0.717, 1.165) is 0 Å². The van der Waals surface area contributed by atoms with Crippen LogP contribution in [0.2, 0.25) is 0 Å². The molecule has 0 aliphatic carbocycles. The van der Waals surface area contributed by atoms with Gasteiger partial charge in [0.1, 0.15) is 0 Å². The number of nitrogens with zero attached hydrogens (tertiary/aromatic N) is 1. The van der Waals surface area contributed by atoms with Gasteiger partial charge in [-0.3, -0.25) is 9.89 Å². The number of aromatic nitrogens is 2. The summed E-state index contributed by atoms with van der Waals surface area (Å²) < 4.78 is 4.60. The van der Waals surface area contributed by atoms with Crippen LogP contribution in [-0.4, -0.2) is 29.2 Å². The summed E-state index contributed by atoms with van der Waals surface area (Å²) in [5.41, 5.74) is 1.31. The third kappa shape index (κ3) is 2.54. The second kappa shape index (κ2) is 5.13. The summed E-state index contributed by atoms with van der Waals surface area (Å²) in [6.45, 7) is 0. The van der Waals surface area contributed by atoms with Crippen LogP contribution in [0.25, 0.3) is 0 Å². The first kappa shape index (κ1) is 11.8. The number of anilines is 1. The fraction of sp³-hybridized carbons (Fsp3) is 0.0833. The maximum Gasteiger partial charge on any atom is 0.337 e. The Hall–Kier alpha value is -2.63. The van der Waals surface area contributed by atoms with Crippen molar-refractivity contribution in [2.24, 2.45) is 0 Å². The summed E-state index contributed by atoms with van der Waals surface area (Å²) in [7, 11) is 1.30. The van der Waals surface area contributed by atoms with Crippen LogP contribution in [0.4, 0.5) is 5.69 Å². The van der Waals surface area contributed by atoms with E-state index >= 15 is 0 Å². The minimum atomic E-state index is -0.450. The highest BCUT2D eigenvalue weighted by atomic mass is 16.5. The molecular formula is C12H11N3O3. The third-order valence-electron chi connectivity index (χ3n) is 2.30. The molecule has 1 aromatic carbocycles. The number of nitrogens with one attached hydrogen (secondary N) is 2. The molecule has 0 aliphatic heterocycles. The average Bonchev–Trinajstić information content (AvgIpc) is 2.92. The molecule has 0 saturated heterocycles. The summed E-state index contributed by atoms with van der Waals surface area (Å²) >= 11 is 0. The van der Waals surface area contributed by atoms with Crippen molar-refractivity contribution in [2.75, 3.05) is 12.4 Å². The molecule has 0 radical (unpaired) electrons. The van der Waals surface area contributed by atoms with Crippen molar-refractivity contribution < 1.29 is 14.3 Å². The maximum absolute atomic E-state index is 11.7. The number of methoxy groups -OCH3 is 1. The van der Waals surface area contributed by atoms with Crippen LogP contribution in [0, 0.1) is 0 Å². The van der Waals surface area contributed by atoms with Gasteiger partial charge in [0.2, 0.25) is 0 Å². The van der Waals surface area contributed by atoms with Gasteiger partial charge in [-0.2, -0.15) is 5.10 Å². The molecule has 1 heterocycles. The Morgan fingerprint density at radius 3 is 2.83 bits per heavy atom. The number of ether oxygens (including phenoxy) is 1. The van der Waals surface area contributed by atoms with Crippen LogP contribution in [0.15, 0.2) is 36.7 Å². The minimum absolute atomic E-state index is 0.300. The van der Waals surface area contributed by atoms with Crippen LogP contribution in [-0.2, 0) is 4.74 Å². The molecule has 1 aromatic heterocycles. The first-order valence-electron chi connectivity index (χ1n) is 5.19. The van der Waals surface area contributed by atoms with Gasteiger partial charge in [0.15, 0.2) is 0 Å². The zero-order valence-electron chi connectivity index (χ0n) is 9.64. The lowest BCUT2D eigenvalue weighted by Crippen LogP contribution is -2.11. The third-order valence-corrected chi connectivity index (χ3v) is 2.30. The molecule has 6 heteroatoms. The average molecular weight is 245 g/mol. The van der Waals surface area contributed by atoms with Crippen LogP contribution in [0.5, 0.6) is 0 Å². The molecule has 0 fully saturated rings. The summed E-state index contributed by atoms with van der Waals surface area (Å²) in [6.07, 6.45) is 2.90. The lowest BCUT2D eigenvalue weighted by atomic mass is 10.2. The SMILES string of the molecule is COC(=O)c1cccc(NC(=O)c2cn[nH]c2)c1. The Morgan fingerprint density at radius 1 is 1.33 bits per heavy atom. The van der Waals surface area contributed by atoms with Crippen LogP contribution in [0.3, 0.4) is 0 Å². The molecule has 18 heavy (non-hydrogen) atoms. The van der Waals surface area contributed by atoms with Gasteiger partial charge in [0.05, 0.1) is 24.4 Å². The molecule has 0 saturated carbocycles. The number of aromatic amines is 1. The summed E-state index contributed by atoms with van der Waals surface area (Å²) in [5.74, 6) is -0.750. The zero-order chi connectivity index (χ0) is 13.0. The standard InChI is InChI=1S/C12H11N3O3/c1-18-12(17)8-3-2-4-10(5-8)15-11(16)9-6-13-14-7-9/h2-7H,1H3,(H,13,14)(H,15,16). The van der Waals surface area contributed by atoms with Crippen LogP contribution in [0.1, 0.15) is 20.7 Å². The molecule has 2 rings (SSSR count). The Morgan fingerprint density at radius 2 is 2.17 bits per heavy atom. The predicted molar refractivity (Wildman–Crippen MR) is 64.3 cm³/mol. The van der Waals surface area contributed by atoms with Gasteiger partial charge in [-0.05, 0) is 18.2 Å². The molecule has 2 aromatic rings. The van der Waals surface area contributed by atoms with Gasteiger partial charge in [-0.15, -0.1) is 0 Å². The van der Waals surface area contributed by atoms with Gasteiger partial charge >= 0.3 is 5.97 Å². The molecule has 92 valence electrons. The van der Waals surface area contributed by atoms with E-state index in [1.54, 1.807) is 24.3 Å². The Balaban J connectivity index is 2.15. The summed E-state index contributed by atoms with van der Waals surface area (Å²) in [5, 5.41) is 8.89. The molecule has 0 atom stereocenters. The van der Waals surface area contributed by atoms with Crippen molar-refractivity contribution >= 4 is 17.6 Å². The number of carbonyl (C=O) groups excluding carboxylic acids is 2. The molecule has 2 N–H and O–H groups in total. The van der Waals surface area contributed by atoms with E-state index in [4.69, 9.17) is 0 Å². The summed E-state index contributed by atoms with van der Waals surface area (Å²) in [4.78, 5) is 23.1. The van der Waals surface area contributed by atoms with Crippen LogP contribution < -0.4 is 5.32 Å². The molecule has 1 amide bonds. The van der Waals surface area contributed by atoms with E-state index in [1.165, 1.54) is 19.5 Å². The van der Waals surface area contributed by atoms with Crippen molar-refractivity contribution in [2.45, 2.75) is 0 Å². The second-order valence-electron chi connectivity index (χ2n) is 3.51. The lowest BCUT2D eigenvalue weighted by molar-refractivity contribution is 0.0600. The number of esters is 1. The smallest absolute Gasteiger partial charge is 0.337 e. The maximum atomic E-state index is 11.7. The number of benzene rings is 1. The first-order chi connectivity index (χ1) is 8.70. The Labute approximate surface area is 103 Å². The molecular weight excluding hydrogens is 234 g/mol. The lowest BCUT2D eigenvalue weighted by Gasteiger charge is -2.05. The second-order valence-corrected chi connectivity index (χ2v) is 3.51. The number of H-pyrrole nitrogens is 1. The van der Waals surface area contributed by atoms with Crippen molar-refractivity contribution in [3.63, 3.8) is 0 Å². The topological polar surface area (TPSA) is 84.1 Å². The normalized spacial score (nSPS) is 9.83. The Bertz CT molecular complexity index is 564. The molecule has 6 nitrogen and oxygen atoms in total. The highest BCUT2D eigenvalue weighted by Gasteiger charge is 2.09. The van der Waals surface area contributed by atoms with Gasteiger partial charge in [0, 0.05) is 11.9 Å². The van der Waals surface area contributed by atoms with E-state index in [1.807, 2.05) is 0 Å². The molecule has 0 spiro atoms.